The smallest absolute Gasteiger partial charge is 0.254 e. The van der Waals surface area contributed by atoms with Crippen LogP contribution in [0.1, 0.15) is 52.7 Å². The average molecular weight is 386 g/mol. The van der Waals surface area contributed by atoms with Crippen molar-refractivity contribution in [3.63, 3.8) is 0 Å². The molecule has 1 aromatic heterocycles. The number of anilines is 1. The standard InChI is InChI=1S/C23H22N4O2/c28-22(24-13-12-18-17-8-4-5-9-20(17)26-23(18)29)19-14-25-27(21(19)15-10-11-15)16-6-2-1-3-7-16/h1-9,14-15,18H,10-13H2,(H,24,28)(H,26,29)/t18-/m1/s1. The lowest BCUT2D eigenvalue weighted by molar-refractivity contribution is -0.117. The largest absolute Gasteiger partial charge is 0.352 e. The Hall–Kier alpha value is -3.41. The summed E-state index contributed by atoms with van der Waals surface area (Å²) in [5, 5.41) is 10.4. The van der Waals surface area contributed by atoms with Gasteiger partial charge in [0.15, 0.2) is 0 Å². The first-order valence-corrected chi connectivity index (χ1v) is 10.0. The van der Waals surface area contributed by atoms with E-state index in [2.05, 4.69) is 15.7 Å². The van der Waals surface area contributed by atoms with Gasteiger partial charge < -0.3 is 10.6 Å². The molecule has 2 N–H and O–H groups in total. The quantitative estimate of drug-likeness (QED) is 0.680. The van der Waals surface area contributed by atoms with Crippen molar-refractivity contribution < 1.29 is 9.59 Å². The Balaban J connectivity index is 1.30. The average Bonchev–Trinajstić information content (AvgIpc) is 3.41. The van der Waals surface area contributed by atoms with Gasteiger partial charge in [-0.05, 0) is 43.0 Å². The fraction of sp³-hybridized carbons (Fsp3) is 0.261. The maximum atomic E-state index is 12.9. The van der Waals surface area contributed by atoms with E-state index in [0.717, 1.165) is 35.5 Å². The number of aromatic nitrogens is 2. The minimum absolute atomic E-state index is 0.00369. The highest BCUT2D eigenvalue weighted by atomic mass is 16.2. The van der Waals surface area contributed by atoms with E-state index in [1.165, 1.54) is 0 Å². The van der Waals surface area contributed by atoms with Crippen LogP contribution in [0.2, 0.25) is 0 Å². The molecule has 2 aromatic carbocycles. The second-order valence-corrected chi connectivity index (χ2v) is 7.64. The number of benzene rings is 2. The third-order valence-corrected chi connectivity index (χ3v) is 5.65. The van der Waals surface area contributed by atoms with Gasteiger partial charge in [0.25, 0.3) is 5.91 Å². The molecule has 1 fully saturated rings. The van der Waals surface area contributed by atoms with E-state index in [4.69, 9.17) is 0 Å². The molecule has 1 saturated carbocycles. The number of fused-ring (bicyclic) bond motifs is 1. The minimum atomic E-state index is -0.221. The summed E-state index contributed by atoms with van der Waals surface area (Å²) in [4.78, 5) is 25.1. The number of nitrogens with one attached hydrogen (secondary N) is 2. The molecule has 5 rings (SSSR count). The van der Waals surface area contributed by atoms with Crippen LogP contribution in [0.3, 0.4) is 0 Å². The van der Waals surface area contributed by atoms with Gasteiger partial charge in [-0.25, -0.2) is 4.68 Å². The van der Waals surface area contributed by atoms with Crippen LogP contribution in [0.25, 0.3) is 5.69 Å². The van der Waals surface area contributed by atoms with Crippen molar-refractivity contribution in [3.05, 3.63) is 77.6 Å². The molecule has 1 atom stereocenters. The minimum Gasteiger partial charge on any atom is -0.352 e. The van der Waals surface area contributed by atoms with Gasteiger partial charge in [0.1, 0.15) is 0 Å². The molecule has 0 bridgehead atoms. The Kier molecular flexibility index (Phi) is 4.39. The molecule has 0 spiro atoms. The van der Waals surface area contributed by atoms with Crippen LogP contribution in [0.15, 0.2) is 60.8 Å². The monoisotopic (exact) mass is 386 g/mol. The molecular weight excluding hydrogens is 364 g/mol. The topological polar surface area (TPSA) is 76.0 Å². The highest BCUT2D eigenvalue weighted by Gasteiger charge is 2.33. The second-order valence-electron chi connectivity index (χ2n) is 7.64. The molecule has 2 aliphatic rings. The fourth-order valence-corrected chi connectivity index (χ4v) is 4.05. The second kappa shape index (κ2) is 7.20. The predicted molar refractivity (Wildman–Crippen MR) is 110 cm³/mol. The van der Waals surface area contributed by atoms with E-state index >= 15 is 0 Å². The number of carbonyl (C=O) groups is 2. The zero-order valence-corrected chi connectivity index (χ0v) is 16.0. The summed E-state index contributed by atoms with van der Waals surface area (Å²) in [6.07, 6.45) is 4.39. The first kappa shape index (κ1) is 17.7. The summed E-state index contributed by atoms with van der Waals surface area (Å²) >= 11 is 0. The van der Waals surface area contributed by atoms with Gasteiger partial charge in [-0.1, -0.05) is 36.4 Å². The summed E-state index contributed by atoms with van der Waals surface area (Å²) in [6, 6.07) is 17.6. The van der Waals surface area contributed by atoms with E-state index < -0.39 is 0 Å². The molecule has 1 aliphatic heterocycles. The summed E-state index contributed by atoms with van der Waals surface area (Å²) < 4.78 is 1.88. The van der Waals surface area contributed by atoms with Crippen LogP contribution in [0.5, 0.6) is 0 Å². The third kappa shape index (κ3) is 3.31. The maximum Gasteiger partial charge on any atom is 0.254 e. The van der Waals surface area contributed by atoms with E-state index in [0.29, 0.717) is 24.4 Å². The van der Waals surface area contributed by atoms with Crippen LogP contribution in [0.4, 0.5) is 5.69 Å². The van der Waals surface area contributed by atoms with Crippen molar-refractivity contribution in [2.24, 2.45) is 0 Å². The van der Waals surface area contributed by atoms with Gasteiger partial charge in [0.2, 0.25) is 5.91 Å². The van der Waals surface area contributed by atoms with Crippen molar-refractivity contribution in [2.45, 2.75) is 31.1 Å². The molecule has 0 saturated heterocycles. The zero-order valence-electron chi connectivity index (χ0n) is 16.0. The Morgan fingerprint density at radius 2 is 1.86 bits per heavy atom. The molecular formula is C23H22N4O2. The van der Waals surface area contributed by atoms with E-state index in [9.17, 15) is 9.59 Å². The third-order valence-electron chi connectivity index (χ3n) is 5.65. The van der Waals surface area contributed by atoms with E-state index in [1.807, 2.05) is 59.3 Å². The normalized spacial score (nSPS) is 17.7. The number of amides is 2. The van der Waals surface area contributed by atoms with Crippen LogP contribution < -0.4 is 10.6 Å². The van der Waals surface area contributed by atoms with Crippen LogP contribution >= 0.6 is 0 Å². The van der Waals surface area contributed by atoms with Crippen molar-refractivity contribution >= 4 is 17.5 Å². The SMILES string of the molecule is O=C(NCC[C@H]1C(=O)Nc2ccccc21)c1cnn(-c2ccccc2)c1C1CC1. The van der Waals surface area contributed by atoms with E-state index in [1.54, 1.807) is 6.20 Å². The number of hydrogen-bond donors (Lipinski definition) is 2. The molecule has 1 aliphatic carbocycles. The Morgan fingerprint density at radius 3 is 2.66 bits per heavy atom. The van der Waals surface area contributed by atoms with Gasteiger partial charge in [-0.15, -0.1) is 0 Å². The molecule has 2 amide bonds. The van der Waals surface area contributed by atoms with E-state index in [-0.39, 0.29) is 17.7 Å². The Morgan fingerprint density at radius 1 is 1.10 bits per heavy atom. The summed E-state index contributed by atoms with van der Waals surface area (Å²) in [7, 11) is 0. The van der Waals surface area contributed by atoms with Crippen LogP contribution in [0, 0.1) is 0 Å². The fourth-order valence-electron chi connectivity index (χ4n) is 4.05. The molecule has 6 nitrogen and oxygen atoms in total. The van der Waals surface area contributed by atoms with Crippen LogP contribution in [-0.2, 0) is 4.79 Å². The summed E-state index contributed by atoms with van der Waals surface area (Å²) in [5.41, 5.74) is 4.45. The van der Waals surface area contributed by atoms with Crippen molar-refractivity contribution in [2.75, 3.05) is 11.9 Å². The Labute approximate surface area is 168 Å². The summed E-state index contributed by atoms with van der Waals surface area (Å²) in [6.45, 7) is 0.436. The zero-order chi connectivity index (χ0) is 19.8. The number of carbonyl (C=O) groups excluding carboxylic acids is 2. The van der Waals surface area contributed by atoms with Crippen LogP contribution in [-0.4, -0.2) is 28.1 Å². The molecule has 6 heteroatoms. The Bertz CT molecular complexity index is 1070. The highest BCUT2D eigenvalue weighted by molar-refractivity contribution is 6.03. The number of nitrogens with zero attached hydrogens (tertiary/aromatic N) is 2. The predicted octanol–water partition coefficient (Wildman–Crippen LogP) is 3.61. The van der Waals surface area contributed by atoms with Gasteiger partial charge in [0.05, 0.1) is 29.1 Å². The van der Waals surface area contributed by atoms with Gasteiger partial charge in [-0.2, -0.15) is 5.10 Å². The molecule has 3 aromatic rings. The number of hydrogen-bond acceptors (Lipinski definition) is 3. The summed E-state index contributed by atoms with van der Waals surface area (Å²) in [5.74, 6) is 0.0316. The lowest BCUT2D eigenvalue weighted by Gasteiger charge is -2.11. The van der Waals surface area contributed by atoms with Crippen molar-refractivity contribution in [1.82, 2.24) is 15.1 Å². The molecule has 29 heavy (non-hydrogen) atoms. The molecule has 0 unspecified atom stereocenters. The first-order chi connectivity index (χ1) is 14.2. The highest BCUT2D eigenvalue weighted by Crippen LogP contribution is 2.42. The van der Waals surface area contributed by atoms with Gasteiger partial charge in [0, 0.05) is 18.2 Å². The molecule has 2 heterocycles. The molecule has 146 valence electrons. The number of rotatable bonds is 6. The van der Waals surface area contributed by atoms with Gasteiger partial charge >= 0.3 is 0 Å². The first-order valence-electron chi connectivity index (χ1n) is 10.0. The van der Waals surface area contributed by atoms with Crippen molar-refractivity contribution in [3.8, 4) is 5.69 Å². The van der Waals surface area contributed by atoms with Gasteiger partial charge in [-0.3, -0.25) is 9.59 Å². The molecule has 0 radical (unpaired) electrons. The lowest BCUT2D eigenvalue weighted by Crippen LogP contribution is -2.27. The maximum absolute atomic E-state index is 12.9. The number of para-hydroxylation sites is 2. The van der Waals surface area contributed by atoms with Crippen molar-refractivity contribution in [1.29, 1.82) is 0 Å². The lowest BCUT2D eigenvalue weighted by atomic mass is 9.97.